The largest absolute Gasteiger partial charge is 0.376 e. The Balaban J connectivity index is 1.93. The van der Waals surface area contributed by atoms with Crippen LogP contribution in [0.2, 0.25) is 0 Å². The van der Waals surface area contributed by atoms with E-state index in [0.29, 0.717) is 12.0 Å². The number of nitrogens with zero attached hydrogens (tertiary/aromatic N) is 2. The maximum atomic E-state index is 9.56. The summed E-state index contributed by atoms with van der Waals surface area (Å²) in [5.74, 6) is 1.41. The van der Waals surface area contributed by atoms with E-state index in [1.54, 1.807) is 0 Å². The van der Waals surface area contributed by atoms with Crippen LogP contribution >= 0.6 is 0 Å². The molecule has 3 atom stereocenters. The van der Waals surface area contributed by atoms with E-state index >= 15 is 0 Å². The van der Waals surface area contributed by atoms with Gasteiger partial charge < -0.3 is 14.6 Å². The molecule has 1 N–H and O–H groups in total. The molecule has 1 aromatic carbocycles. The van der Waals surface area contributed by atoms with Gasteiger partial charge in [-0.1, -0.05) is 19.1 Å². The summed E-state index contributed by atoms with van der Waals surface area (Å²) in [6.07, 6.45) is 4.56. The fourth-order valence-electron chi connectivity index (χ4n) is 4.51. The first-order valence-corrected chi connectivity index (χ1v) is 7.60. The summed E-state index contributed by atoms with van der Waals surface area (Å²) in [7, 11) is 2.27. The Bertz CT molecular complexity index is 660. The second kappa shape index (κ2) is 4.34. The Kier molecular flexibility index (Phi) is 2.69. The van der Waals surface area contributed by atoms with Crippen molar-refractivity contribution in [3.63, 3.8) is 0 Å². The highest BCUT2D eigenvalue weighted by molar-refractivity contribution is 5.89. The number of benzene rings is 1. The topological polar surface area (TPSA) is 28.4 Å². The van der Waals surface area contributed by atoms with Crippen LogP contribution in [0.15, 0.2) is 24.4 Å². The van der Waals surface area contributed by atoms with Crippen molar-refractivity contribution in [2.45, 2.75) is 38.5 Å². The van der Waals surface area contributed by atoms with Crippen molar-refractivity contribution in [2.24, 2.45) is 5.92 Å². The minimum Gasteiger partial charge on any atom is -0.376 e. The van der Waals surface area contributed by atoms with Crippen LogP contribution in [-0.4, -0.2) is 34.2 Å². The number of hydrogen-bond acceptors (Lipinski definition) is 2. The van der Waals surface area contributed by atoms with Gasteiger partial charge in [-0.05, 0) is 43.0 Å². The maximum Gasteiger partial charge on any atom is 0.119 e. The van der Waals surface area contributed by atoms with E-state index in [1.807, 2.05) is 4.57 Å². The summed E-state index contributed by atoms with van der Waals surface area (Å²) in [6.45, 7) is 3.63. The first-order chi connectivity index (χ1) is 9.69. The zero-order valence-electron chi connectivity index (χ0n) is 12.2. The SMILES string of the molecule is C[C@@H]1C[C@@H]2c3cccc4c3c(cn4CO)C[C@H]2N(C)C1. The average Bonchev–Trinajstić information content (AvgIpc) is 2.80. The predicted octanol–water partition coefficient (Wildman–Crippen LogP) is 2.57. The second-order valence-corrected chi connectivity index (χ2v) is 6.67. The van der Waals surface area contributed by atoms with E-state index in [4.69, 9.17) is 0 Å². The molecule has 0 bridgehead atoms. The summed E-state index contributed by atoms with van der Waals surface area (Å²) in [5, 5.41) is 11.0. The first kappa shape index (κ1) is 12.4. The van der Waals surface area contributed by atoms with Gasteiger partial charge in [0.05, 0.1) is 5.52 Å². The Morgan fingerprint density at radius 3 is 3.00 bits per heavy atom. The minimum absolute atomic E-state index is 0.0710. The molecule has 1 fully saturated rings. The Hall–Kier alpha value is -1.32. The standard InChI is InChI=1S/C17H22N2O/c1-11-6-14-13-4-3-5-15-17(13)12(9-19(15)10-20)7-16(14)18(2)8-11/h3-5,9,11,14,16,20H,6-8,10H2,1-2H3/t11-,14-,16-/m1/s1. The summed E-state index contributed by atoms with van der Waals surface area (Å²) >= 11 is 0. The molecule has 2 heterocycles. The molecule has 0 unspecified atom stereocenters. The molecule has 0 amide bonds. The third kappa shape index (κ3) is 1.60. The fourth-order valence-corrected chi connectivity index (χ4v) is 4.51. The number of hydrogen-bond donors (Lipinski definition) is 1. The summed E-state index contributed by atoms with van der Waals surface area (Å²) in [4.78, 5) is 2.54. The van der Waals surface area contributed by atoms with E-state index in [2.05, 4.69) is 43.3 Å². The van der Waals surface area contributed by atoms with Crippen molar-refractivity contribution in [1.82, 2.24) is 9.47 Å². The number of likely N-dealkylation sites (N-methyl/N-ethyl adjacent to an activating group) is 1. The van der Waals surface area contributed by atoms with Gasteiger partial charge in [0.2, 0.25) is 0 Å². The van der Waals surface area contributed by atoms with Gasteiger partial charge in [-0.3, -0.25) is 0 Å². The summed E-state index contributed by atoms with van der Waals surface area (Å²) in [6, 6.07) is 7.21. The first-order valence-electron chi connectivity index (χ1n) is 7.60. The van der Waals surface area contributed by atoms with Gasteiger partial charge in [0.25, 0.3) is 0 Å². The fraction of sp³-hybridized carbons (Fsp3) is 0.529. The van der Waals surface area contributed by atoms with Gasteiger partial charge in [0.1, 0.15) is 6.73 Å². The highest BCUT2D eigenvalue weighted by Gasteiger charge is 2.38. The highest BCUT2D eigenvalue weighted by atomic mass is 16.3. The van der Waals surface area contributed by atoms with E-state index in [1.165, 1.54) is 35.0 Å². The zero-order chi connectivity index (χ0) is 13.9. The molecule has 106 valence electrons. The lowest BCUT2D eigenvalue weighted by Crippen LogP contribution is -2.47. The Morgan fingerprint density at radius 1 is 1.35 bits per heavy atom. The van der Waals surface area contributed by atoms with Crippen molar-refractivity contribution >= 4 is 10.9 Å². The van der Waals surface area contributed by atoms with E-state index in [-0.39, 0.29) is 6.73 Å². The van der Waals surface area contributed by atoms with E-state index < -0.39 is 0 Å². The lowest BCUT2D eigenvalue weighted by Gasteiger charge is -2.44. The quantitative estimate of drug-likeness (QED) is 0.862. The van der Waals surface area contributed by atoms with E-state index in [0.717, 1.165) is 12.3 Å². The molecule has 3 nitrogen and oxygen atoms in total. The van der Waals surface area contributed by atoms with Crippen LogP contribution in [0.3, 0.4) is 0 Å². The number of aromatic nitrogens is 1. The molecule has 20 heavy (non-hydrogen) atoms. The van der Waals surface area contributed by atoms with Crippen LogP contribution in [0.1, 0.15) is 30.4 Å². The second-order valence-electron chi connectivity index (χ2n) is 6.67. The van der Waals surface area contributed by atoms with Crippen molar-refractivity contribution in [2.75, 3.05) is 13.6 Å². The van der Waals surface area contributed by atoms with Crippen LogP contribution in [0, 0.1) is 5.92 Å². The van der Waals surface area contributed by atoms with Crippen LogP contribution in [-0.2, 0) is 13.2 Å². The molecule has 0 saturated carbocycles. The molecule has 3 heteroatoms. The number of aliphatic hydroxyl groups is 1. The predicted molar refractivity (Wildman–Crippen MR) is 80.8 cm³/mol. The van der Waals surface area contributed by atoms with Crippen LogP contribution in [0.4, 0.5) is 0 Å². The summed E-state index contributed by atoms with van der Waals surface area (Å²) < 4.78 is 1.98. The number of rotatable bonds is 1. The molecule has 1 aliphatic heterocycles. The summed E-state index contributed by atoms with van der Waals surface area (Å²) in [5.41, 5.74) is 4.10. The monoisotopic (exact) mass is 270 g/mol. The van der Waals surface area contributed by atoms with E-state index in [9.17, 15) is 5.11 Å². The van der Waals surface area contributed by atoms with Gasteiger partial charge >= 0.3 is 0 Å². The van der Waals surface area contributed by atoms with Crippen LogP contribution < -0.4 is 0 Å². The number of aliphatic hydroxyl groups excluding tert-OH is 1. The molecule has 0 radical (unpaired) electrons. The zero-order valence-corrected chi connectivity index (χ0v) is 12.2. The average molecular weight is 270 g/mol. The Labute approximate surface area is 119 Å². The smallest absolute Gasteiger partial charge is 0.119 e. The molecule has 1 aromatic heterocycles. The lowest BCUT2D eigenvalue weighted by molar-refractivity contribution is 0.119. The van der Waals surface area contributed by atoms with Gasteiger partial charge in [-0.25, -0.2) is 0 Å². The molecule has 2 aliphatic rings. The Morgan fingerprint density at radius 2 is 2.20 bits per heavy atom. The van der Waals surface area contributed by atoms with Crippen LogP contribution in [0.25, 0.3) is 10.9 Å². The lowest BCUT2D eigenvalue weighted by atomic mass is 9.73. The molecular formula is C17H22N2O. The molecule has 2 aromatic rings. The van der Waals surface area contributed by atoms with Gasteiger partial charge in [0.15, 0.2) is 0 Å². The van der Waals surface area contributed by atoms with Crippen molar-refractivity contribution in [1.29, 1.82) is 0 Å². The third-order valence-corrected chi connectivity index (χ3v) is 5.28. The molecule has 4 rings (SSSR count). The van der Waals surface area contributed by atoms with Crippen LogP contribution in [0.5, 0.6) is 0 Å². The van der Waals surface area contributed by atoms with Crippen molar-refractivity contribution in [3.05, 3.63) is 35.5 Å². The maximum absolute atomic E-state index is 9.56. The molecule has 0 spiro atoms. The van der Waals surface area contributed by atoms with Gasteiger partial charge in [-0.15, -0.1) is 0 Å². The minimum atomic E-state index is 0.0710. The number of likely N-dealkylation sites (tertiary alicyclic amines) is 1. The number of fused-ring (bicyclic) bond motifs is 2. The number of piperidine rings is 1. The normalized spacial score (nSPS) is 29.6. The molecule has 1 aliphatic carbocycles. The van der Waals surface area contributed by atoms with Crippen molar-refractivity contribution < 1.29 is 5.11 Å². The highest BCUT2D eigenvalue weighted by Crippen LogP contribution is 2.44. The van der Waals surface area contributed by atoms with Gasteiger partial charge in [0, 0.05) is 30.1 Å². The molecule has 1 saturated heterocycles. The molecular weight excluding hydrogens is 248 g/mol. The van der Waals surface area contributed by atoms with Gasteiger partial charge in [-0.2, -0.15) is 0 Å². The third-order valence-electron chi connectivity index (χ3n) is 5.28. The van der Waals surface area contributed by atoms with Crippen molar-refractivity contribution in [3.8, 4) is 0 Å².